The summed E-state index contributed by atoms with van der Waals surface area (Å²) in [4.78, 5) is 40.8. The molecule has 1 saturated carbocycles. The van der Waals surface area contributed by atoms with Gasteiger partial charge in [-0.1, -0.05) is 37.3 Å². The maximum atomic E-state index is 14.0. The number of ketones is 2. The molecular formula is C32H35FN2O7. The molecule has 1 amide bonds. The number of likely N-dealkylation sites (N-methyl/N-ethyl adjacent to an activating group) is 1. The smallest absolute Gasteiger partial charge is 0.255 e. The Kier molecular flexibility index (Phi) is 7.49. The van der Waals surface area contributed by atoms with Crippen molar-refractivity contribution in [2.45, 2.75) is 44.2 Å². The zero-order chi connectivity index (χ0) is 30.7. The van der Waals surface area contributed by atoms with E-state index in [1.165, 1.54) is 11.0 Å². The van der Waals surface area contributed by atoms with Gasteiger partial charge in [0.25, 0.3) is 5.91 Å². The number of hydrogen-bond acceptors (Lipinski definition) is 8. The van der Waals surface area contributed by atoms with Crippen molar-refractivity contribution in [2.24, 2.45) is 23.5 Å². The summed E-state index contributed by atoms with van der Waals surface area (Å²) in [5.41, 5.74) is 4.90. The summed E-state index contributed by atoms with van der Waals surface area (Å²) in [7, 11) is 3.12. The first-order valence-corrected chi connectivity index (χ1v) is 14.0. The Balaban J connectivity index is 1.62. The Morgan fingerprint density at radius 3 is 2.38 bits per heavy atom. The Bertz CT molecular complexity index is 1540. The van der Waals surface area contributed by atoms with E-state index in [9.17, 15) is 39.2 Å². The predicted octanol–water partition coefficient (Wildman–Crippen LogP) is 3.17. The average molecular weight is 579 g/mol. The lowest BCUT2D eigenvalue weighted by Gasteiger charge is -2.50. The molecule has 3 aliphatic rings. The highest BCUT2D eigenvalue weighted by atomic mass is 19.1. The largest absolute Gasteiger partial charge is 0.508 e. The van der Waals surface area contributed by atoms with Gasteiger partial charge in [0.2, 0.25) is 5.78 Å². The highest BCUT2D eigenvalue weighted by Gasteiger charge is 2.64. The minimum absolute atomic E-state index is 0.0201. The fraction of sp³-hybridized carbons (Fsp3) is 0.406. The third kappa shape index (κ3) is 4.40. The highest BCUT2D eigenvalue weighted by Crippen LogP contribution is 2.53. The molecule has 2 aromatic carbocycles. The van der Waals surface area contributed by atoms with Crippen molar-refractivity contribution in [1.82, 2.24) is 4.90 Å². The minimum Gasteiger partial charge on any atom is -0.508 e. The lowest BCUT2D eigenvalue weighted by molar-refractivity contribution is -0.153. The summed E-state index contributed by atoms with van der Waals surface area (Å²) >= 11 is 0. The van der Waals surface area contributed by atoms with E-state index in [-0.39, 0.29) is 42.3 Å². The maximum Gasteiger partial charge on any atom is 0.255 e. The van der Waals surface area contributed by atoms with Gasteiger partial charge in [0.05, 0.1) is 18.3 Å². The second-order valence-electron chi connectivity index (χ2n) is 11.9. The second kappa shape index (κ2) is 10.7. The number of amides is 1. The average Bonchev–Trinajstić information content (AvgIpc) is 2.91. The van der Waals surface area contributed by atoms with Gasteiger partial charge >= 0.3 is 0 Å². The van der Waals surface area contributed by atoms with Crippen molar-refractivity contribution in [2.75, 3.05) is 20.8 Å². The molecule has 1 fully saturated rings. The van der Waals surface area contributed by atoms with Crippen LogP contribution in [0.3, 0.4) is 0 Å². The third-order valence-electron chi connectivity index (χ3n) is 9.06. The van der Waals surface area contributed by atoms with Crippen molar-refractivity contribution < 1.29 is 39.2 Å². The van der Waals surface area contributed by atoms with E-state index in [2.05, 4.69) is 0 Å². The Labute approximate surface area is 242 Å². The molecule has 5 rings (SSSR count). The number of phenols is 1. The summed E-state index contributed by atoms with van der Waals surface area (Å²) in [6, 6.07) is 9.75. The monoisotopic (exact) mass is 578 g/mol. The van der Waals surface area contributed by atoms with E-state index >= 15 is 0 Å². The number of carbonyl (C=O) groups excluding carboxylic acids is 3. The SMILES string of the molecule is CC(CCF)Cc1ccc(-c2ccc(O)c3c2CC2CC4C(N(C)C)C(=O)C(C(N)=O)=C(O)C4(O)C(=O)C2=C3O)cc1. The van der Waals surface area contributed by atoms with E-state index < -0.39 is 58.0 Å². The topological polar surface area (TPSA) is 161 Å². The molecule has 5 atom stereocenters. The molecular weight excluding hydrogens is 543 g/mol. The normalized spacial score (nSPS) is 26.2. The summed E-state index contributed by atoms with van der Waals surface area (Å²) < 4.78 is 12.7. The summed E-state index contributed by atoms with van der Waals surface area (Å²) in [5.74, 6) is -6.62. The van der Waals surface area contributed by atoms with Crippen LogP contribution in [0.1, 0.15) is 36.5 Å². The zero-order valence-corrected chi connectivity index (χ0v) is 23.7. The highest BCUT2D eigenvalue weighted by molar-refractivity contribution is 6.24. The lowest BCUT2D eigenvalue weighted by Crippen LogP contribution is -2.65. The van der Waals surface area contributed by atoms with E-state index in [1.54, 1.807) is 20.2 Å². The number of nitrogens with zero attached hydrogens (tertiary/aromatic N) is 1. The third-order valence-corrected chi connectivity index (χ3v) is 9.06. The lowest BCUT2D eigenvalue weighted by atomic mass is 9.57. The van der Waals surface area contributed by atoms with Gasteiger partial charge < -0.3 is 26.2 Å². The van der Waals surface area contributed by atoms with Crippen LogP contribution in [0.2, 0.25) is 0 Å². The minimum atomic E-state index is -2.67. The number of aliphatic hydroxyl groups excluding tert-OH is 2. The Morgan fingerprint density at radius 2 is 1.79 bits per heavy atom. The number of benzene rings is 2. The van der Waals surface area contributed by atoms with Gasteiger partial charge in [0.15, 0.2) is 11.4 Å². The molecule has 0 spiro atoms. The molecule has 10 heteroatoms. The molecule has 0 bridgehead atoms. The van der Waals surface area contributed by atoms with Gasteiger partial charge in [0, 0.05) is 11.5 Å². The number of carbonyl (C=O) groups is 3. The van der Waals surface area contributed by atoms with Gasteiger partial charge in [-0.15, -0.1) is 0 Å². The van der Waals surface area contributed by atoms with E-state index in [1.807, 2.05) is 31.2 Å². The van der Waals surface area contributed by atoms with Crippen LogP contribution < -0.4 is 5.73 Å². The van der Waals surface area contributed by atoms with Gasteiger partial charge in [-0.3, -0.25) is 23.7 Å². The van der Waals surface area contributed by atoms with Crippen LogP contribution in [0.4, 0.5) is 4.39 Å². The number of alkyl halides is 1. The molecule has 0 aliphatic heterocycles. The first kappa shape index (κ1) is 29.5. The standard InChI is InChI=1S/C32H35FN2O7/c1-15(10-11-33)12-16-4-6-17(7-5-16)19-8-9-22(36)24-20(19)13-18-14-21-26(35(2)3)28(38)25(31(34)41)30(40)32(21,42)29(39)23(18)27(24)37/h4-9,15,18,21,26,36-37,40,42H,10-14H2,1-3H3,(H2,34,41). The molecule has 0 aromatic heterocycles. The van der Waals surface area contributed by atoms with Gasteiger partial charge in [-0.05, 0) is 79.9 Å². The molecule has 0 saturated heterocycles. The molecule has 0 radical (unpaired) electrons. The van der Waals surface area contributed by atoms with Crippen molar-refractivity contribution in [1.29, 1.82) is 0 Å². The molecule has 6 N–H and O–H groups in total. The Morgan fingerprint density at radius 1 is 1.12 bits per heavy atom. The quantitative estimate of drug-likeness (QED) is 0.313. The predicted molar refractivity (Wildman–Crippen MR) is 153 cm³/mol. The van der Waals surface area contributed by atoms with Crippen LogP contribution in [-0.4, -0.2) is 75.2 Å². The van der Waals surface area contributed by atoms with Crippen LogP contribution in [0.25, 0.3) is 16.9 Å². The second-order valence-corrected chi connectivity index (χ2v) is 11.9. The molecule has 222 valence electrons. The van der Waals surface area contributed by atoms with Crippen molar-refractivity contribution in [3.05, 3.63) is 70.0 Å². The number of nitrogens with two attached hydrogens (primary N) is 1. The Hall–Kier alpha value is -4.02. The van der Waals surface area contributed by atoms with Crippen molar-refractivity contribution in [3.63, 3.8) is 0 Å². The molecule has 3 aliphatic carbocycles. The van der Waals surface area contributed by atoms with Gasteiger partial charge in [-0.25, -0.2) is 0 Å². The van der Waals surface area contributed by atoms with Gasteiger partial charge in [-0.2, -0.15) is 0 Å². The number of primary amides is 1. The fourth-order valence-electron chi connectivity index (χ4n) is 7.03. The van der Waals surface area contributed by atoms with Crippen LogP contribution in [0.15, 0.2) is 53.3 Å². The van der Waals surface area contributed by atoms with Gasteiger partial charge in [0.1, 0.15) is 22.8 Å². The molecule has 42 heavy (non-hydrogen) atoms. The maximum absolute atomic E-state index is 14.0. The van der Waals surface area contributed by atoms with Crippen LogP contribution in [0.5, 0.6) is 5.75 Å². The number of Topliss-reactive ketones (excluding diaryl/α,β-unsaturated/α-hetero) is 2. The van der Waals surface area contributed by atoms with Crippen molar-refractivity contribution >= 4 is 23.2 Å². The number of fused-ring (bicyclic) bond motifs is 3. The fourth-order valence-corrected chi connectivity index (χ4v) is 7.03. The van der Waals surface area contributed by atoms with Crippen molar-refractivity contribution in [3.8, 4) is 16.9 Å². The first-order chi connectivity index (χ1) is 19.8. The zero-order valence-electron chi connectivity index (χ0n) is 23.7. The van der Waals surface area contributed by atoms with E-state index in [4.69, 9.17) is 5.73 Å². The molecule has 5 unspecified atom stereocenters. The number of halogens is 1. The number of rotatable bonds is 7. The molecule has 2 aromatic rings. The number of phenolic OH excluding ortho intramolecular Hbond substituents is 1. The summed E-state index contributed by atoms with van der Waals surface area (Å²) in [6.07, 6.45) is 1.43. The summed E-state index contributed by atoms with van der Waals surface area (Å²) in [5, 5.41) is 45.0. The number of hydrogen-bond donors (Lipinski definition) is 5. The summed E-state index contributed by atoms with van der Waals surface area (Å²) in [6.45, 7) is 1.62. The molecule has 9 nitrogen and oxygen atoms in total. The molecule has 0 heterocycles. The van der Waals surface area contributed by atoms with Crippen LogP contribution in [0, 0.1) is 17.8 Å². The van der Waals surface area contributed by atoms with E-state index in [0.717, 1.165) is 23.1 Å². The number of aliphatic hydroxyl groups is 3. The van der Waals surface area contributed by atoms with E-state index in [0.29, 0.717) is 12.0 Å². The number of aromatic hydroxyl groups is 1. The van der Waals surface area contributed by atoms with Crippen LogP contribution >= 0.6 is 0 Å². The van der Waals surface area contributed by atoms with Crippen LogP contribution in [-0.2, 0) is 27.2 Å². The first-order valence-electron chi connectivity index (χ1n) is 14.0.